The first-order valence-corrected chi connectivity index (χ1v) is 10.3. The molecular weight excluding hydrogens is 384 g/mol. The maximum atomic E-state index is 13.3. The van der Waals surface area contributed by atoms with Crippen molar-refractivity contribution < 1.29 is 27.5 Å². The Bertz CT molecular complexity index is 855. The Morgan fingerprint density at radius 2 is 1.79 bits per heavy atom. The van der Waals surface area contributed by atoms with Gasteiger partial charge in [-0.2, -0.15) is 4.31 Å². The summed E-state index contributed by atoms with van der Waals surface area (Å²) in [6.07, 6.45) is 2.78. The predicted molar refractivity (Wildman–Crippen MR) is 104 cm³/mol. The van der Waals surface area contributed by atoms with Crippen molar-refractivity contribution in [2.75, 3.05) is 12.8 Å². The molecule has 1 aromatic carbocycles. The Labute approximate surface area is 165 Å². The molecule has 1 amide bonds. The number of carbonyl (C=O) groups is 2. The fourth-order valence-electron chi connectivity index (χ4n) is 2.87. The SMILES string of the molecule is COC(=O)[C@@H]1CC=C[C@@H](N(C(=O)OC(C)(C)C)S(=O)(=O)c2ccc(N)cc2)C1. The van der Waals surface area contributed by atoms with E-state index in [0.29, 0.717) is 16.4 Å². The van der Waals surface area contributed by atoms with Crippen LogP contribution in [0.4, 0.5) is 10.5 Å². The lowest BCUT2D eigenvalue weighted by molar-refractivity contribution is -0.146. The van der Waals surface area contributed by atoms with Gasteiger partial charge >= 0.3 is 12.1 Å². The van der Waals surface area contributed by atoms with E-state index < -0.39 is 39.6 Å². The van der Waals surface area contributed by atoms with E-state index in [4.69, 9.17) is 15.2 Å². The van der Waals surface area contributed by atoms with Gasteiger partial charge in [0.1, 0.15) is 5.60 Å². The molecule has 0 aromatic heterocycles. The zero-order valence-electron chi connectivity index (χ0n) is 16.4. The van der Waals surface area contributed by atoms with Crippen LogP contribution in [-0.4, -0.2) is 43.5 Å². The topological polar surface area (TPSA) is 116 Å². The second kappa shape index (κ2) is 8.22. The van der Waals surface area contributed by atoms with E-state index in [-0.39, 0.29) is 11.3 Å². The summed E-state index contributed by atoms with van der Waals surface area (Å²) >= 11 is 0. The lowest BCUT2D eigenvalue weighted by atomic mass is 9.91. The number of amides is 1. The van der Waals surface area contributed by atoms with Gasteiger partial charge in [-0.1, -0.05) is 12.2 Å². The van der Waals surface area contributed by atoms with Crippen LogP contribution in [0.15, 0.2) is 41.3 Å². The van der Waals surface area contributed by atoms with Gasteiger partial charge in [0.25, 0.3) is 10.0 Å². The highest BCUT2D eigenvalue weighted by Crippen LogP contribution is 2.30. The molecule has 2 N–H and O–H groups in total. The molecular formula is C19H26N2O6S. The Morgan fingerprint density at radius 3 is 2.32 bits per heavy atom. The third kappa shape index (κ3) is 5.03. The highest BCUT2D eigenvalue weighted by Gasteiger charge is 2.40. The molecule has 9 heteroatoms. The maximum Gasteiger partial charge on any atom is 0.424 e. The van der Waals surface area contributed by atoms with Crippen molar-refractivity contribution in [1.29, 1.82) is 0 Å². The van der Waals surface area contributed by atoms with Crippen molar-refractivity contribution in [3.63, 3.8) is 0 Å². The van der Waals surface area contributed by atoms with Gasteiger partial charge in [-0.05, 0) is 57.9 Å². The quantitative estimate of drug-likeness (QED) is 0.461. The molecule has 2 rings (SSSR count). The van der Waals surface area contributed by atoms with E-state index in [1.807, 2.05) is 0 Å². The molecule has 0 saturated carbocycles. The van der Waals surface area contributed by atoms with Crippen molar-refractivity contribution in [1.82, 2.24) is 4.31 Å². The molecule has 154 valence electrons. The standard InChI is InChI=1S/C19H26N2O6S/c1-19(2,3)27-18(23)21(15-7-5-6-13(12-15)17(22)26-4)28(24,25)16-10-8-14(20)9-11-16/h5,7-11,13,15H,6,12,20H2,1-4H3/t13-,15-/m1/s1. The predicted octanol–water partition coefficient (Wildman–Crippen LogP) is 2.70. The summed E-state index contributed by atoms with van der Waals surface area (Å²) < 4.78 is 37.3. The number of sulfonamides is 1. The average Bonchev–Trinajstić information content (AvgIpc) is 2.60. The van der Waals surface area contributed by atoms with Crippen molar-refractivity contribution in [3.05, 3.63) is 36.4 Å². The van der Waals surface area contributed by atoms with Crippen LogP contribution in [0.5, 0.6) is 0 Å². The fraction of sp³-hybridized carbons (Fsp3) is 0.474. The number of hydrogen-bond donors (Lipinski definition) is 1. The molecule has 0 unspecified atom stereocenters. The Balaban J connectivity index is 2.46. The van der Waals surface area contributed by atoms with Crippen molar-refractivity contribution >= 4 is 27.8 Å². The van der Waals surface area contributed by atoms with Gasteiger partial charge in [0.05, 0.1) is 24.0 Å². The van der Waals surface area contributed by atoms with Crippen LogP contribution in [0.3, 0.4) is 0 Å². The summed E-state index contributed by atoms with van der Waals surface area (Å²) in [6, 6.07) is 4.65. The Hall–Kier alpha value is -2.55. The Morgan fingerprint density at radius 1 is 1.18 bits per heavy atom. The van der Waals surface area contributed by atoms with E-state index in [2.05, 4.69) is 0 Å². The summed E-state index contributed by atoms with van der Waals surface area (Å²) in [5, 5.41) is 0. The summed E-state index contributed by atoms with van der Waals surface area (Å²) in [4.78, 5) is 24.7. The molecule has 0 aliphatic heterocycles. The molecule has 0 saturated heterocycles. The molecule has 0 radical (unpaired) electrons. The summed E-state index contributed by atoms with van der Waals surface area (Å²) in [6.45, 7) is 4.94. The third-order valence-electron chi connectivity index (χ3n) is 4.15. The lowest BCUT2D eigenvalue weighted by Gasteiger charge is -2.34. The molecule has 0 fully saturated rings. The van der Waals surface area contributed by atoms with Crippen LogP contribution in [0, 0.1) is 5.92 Å². The second-order valence-corrected chi connectivity index (χ2v) is 9.35. The first-order chi connectivity index (χ1) is 13.0. The summed E-state index contributed by atoms with van der Waals surface area (Å²) in [5.74, 6) is -1.00. The molecule has 28 heavy (non-hydrogen) atoms. The molecule has 2 atom stereocenters. The minimum Gasteiger partial charge on any atom is -0.469 e. The van der Waals surface area contributed by atoms with Gasteiger partial charge in [-0.3, -0.25) is 4.79 Å². The number of nitrogens with two attached hydrogens (primary N) is 1. The number of nitrogens with zero attached hydrogens (tertiary/aromatic N) is 1. The fourth-order valence-corrected chi connectivity index (χ4v) is 4.32. The van der Waals surface area contributed by atoms with Gasteiger partial charge in [0.2, 0.25) is 0 Å². The highest BCUT2D eigenvalue weighted by atomic mass is 32.2. The molecule has 1 aliphatic rings. The first-order valence-electron chi connectivity index (χ1n) is 8.83. The number of anilines is 1. The van der Waals surface area contributed by atoms with E-state index in [0.717, 1.165) is 0 Å². The average molecular weight is 410 g/mol. The summed E-state index contributed by atoms with van der Waals surface area (Å²) in [5.41, 5.74) is 5.13. The number of ether oxygens (including phenoxy) is 2. The van der Waals surface area contributed by atoms with Crippen LogP contribution in [0.25, 0.3) is 0 Å². The zero-order chi connectivity index (χ0) is 21.1. The van der Waals surface area contributed by atoms with E-state index in [1.165, 1.54) is 31.4 Å². The van der Waals surface area contributed by atoms with Crippen LogP contribution < -0.4 is 5.73 Å². The zero-order valence-corrected chi connectivity index (χ0v) is 17.2. The van der Waals surface area contributed by atoms with Crippen LogP contribution >= 0.6 is 0 Å². The number of esters is 1. The minimum atomic E-state index is -4.25. The van der Waals surface area contributed by atoms with E-state index in [9.17, 15) is 18.0 Å². The number of benzene rings is 1. The number of nitrogen functional groups attached to an aromatic ring is 1. The molecule has 0 bridgehead atoms. The Kier molecular flexibility index (Phi) is 6.38. The number of hydrogen-bond acceptors (Lipinski definition) is 7. The van der Waals surface area contributed by atoms with Gasteiger partial charge in [-0.25, -0.2) is 13.2 Å². The number of methoxy groups -OCH3 is 1. The van der Waals surface area contributed by atoms with Gasteiger partial charge in [0, 0.05) is 5.69 Å². The minimum absolute atomic E-state index is 0.0962. The van der Waals surface area contributed by atoms with Crippen molar-refractivity contribution in [2.24, 2.45) is 5.92 Å². The van der Waals surface area contributed by atoms with E-state index in [1.54, 1.807) is 32.9 Å². The maximum absolute atomic E-state index is 13.3. The smallest absolute Gasteiger partial charge is 0.424 e. The lowest BCUT2D eigenvalue weighted by Crippen LogP contribution is -2.48. The second-order valence-electron chi connectivity index (χ2n) is 7.54. The molecule has 1 aromatic rings. The van der Waals surface area contributed by atoms with Crippen LogP contribution in [-0.2, 0) is 24.3 Å². The van der Waals surface area contributed by atoms with Gasteiger partial charge in [-0.15, -0.1) is 0 Å². The number of allylic oxidation sites excluding steroid dienone is 1. The van der Waals surface area contributed by atoms with Crippen LogP contribution in [0.1, 0.15) is 33.6 Å². The largest absolute Gasteiger partial charge is 0.469 e. The van der Waals surface area contributed by atoms with Crippen LogP contribution in [0.2, 0.25) is 0 Å². The number of carbonyl (C=O) groups excluding carboxylic acids is 2. The monoisotopic (exact) mass is 410 g/mol. The normalized spacial score (nSPS) is 19.7. The van der Waals surface area contributed by atoms with Gasteiger partial charge in [0.15, 0.2) is 0 Å². The van der Waals surface area contributed by atoms with E-state index >= 15 is 0 Å². The van der Waals surface area contributed by atoms with Crippen molar-refractivity contribution in [3.8, 4) is 0 Å². The number of rotatable bonds is 4. The molecule has 0 spiro atoms. The first kappa shape index (κ1) is 21.7. The molecule has 1 aliphatic carbocycles. The van der Waals surface area contributed by atoms with Gasteiger partial charge < -0.3 is 15.2 Å². The molecule has 8 nitrogen and oxygen atoms in total. The van der Waals surface area contributed by atoms with Crippen molar-refractivity contribution in [2.45, 2.75) is 50.2 Å². The summed E-state index contributed by atoms with van der Waals surface area (Å²) in [7, 11) is -2.97. The molecule has 0 heterocycles. The highest BCUT2D eigenvalue weighted by molar-refractivity contribution is 7.89. The third-order valence-corrected chi connectivity index (χ3v) is 5.96.